The molecule has 2 amide bonds. The Hall–Kier alpha value is -3.77. The molecule has 4 aromatic rings. The van der Waals surface area contributed by atoms with Crippen LogP contribution >= 0.6 is 11.8 Å². The van der Waals surface area contributed by atoms with E-state index in [1.807, 2.05) is 84.9 Å². The van der Waals surface area contributed by atoms with Crippen molar-refractivity contribution < 1.29 is 14.3 Å². The summed E-state index contributed by atoms with van der Waals surface area (Å²) in [5.74, 6) is 0.640. The van der Waals surface area contributed by atoms with Crippen molar-refractivity contribution in [2.45, 2.75) is 4.90 Å². The number of anilines is 2. The van der Waals surface area contributed by atoms with Gasteiger partial charge in [-0.3, -0.25) is 9.59 Å². The summed E-state index contributed by atoms with van der Waals surface area (Å²) in [4.78, 5) is 25.4. The van der Waals surface area contributed by atoms with Gasteiger partial charge in [0.05, 0.1) is 5.75 Å². The molecule has 6 heteroatoms. The maximum absolute atomic E-state index is 12.4. The molecule has 4 aromatic carbocycles. The van der Waals surface area contributed by atoms with Crippen LogP contribution in [0.4, 0.5) is 11.4 Å². The molecule has 0 fully saturated rings. The summed E-state index contributed by atoms with van der Waals surface area (Å²) in [6.45, 7) is -0.0607. The lowest BCUT2D eigenvalue weighted by molar-refractivity contribution is -0.118. The number of hydrogen-bond acceptors (Lipinski definition) is 4. The first kappa shape index (κ1) is 21.5. The number of rotatable bonds is 8. The number of benzene rings is 4. The second-order valence-electron chi connectivity index (χ2n) is 7.04. The molecule has 0 heterocycles. The van der Waals surface area contributed by atoms with Gasteiger partial charge in [-0.15, -0.1) is 11.8 Å². The normalized spacial score (nSPS) is 10.5. The molecule has 4 rings (SSSR count). The van der Waals surface area contributed by atoms with Gasteiger partial charge in [-0.2, -0.15) is 0 Å². The van der Waals surface area contributed by atoms with E-state index in [4.69, 9.17) is 4.74 Å². The molecule has 0 bridgehead atoms. The fourth-order valence-corrected chi connectivity index (χ4v) is 3.87. The standard InChI is InChI=1S/C26H22N2O3S/c29-25(17-31-21-9-2-1-3-10-21)27-20-13-15-22(16-14-20)32-18-26(30)28-24-12-6-8-19-7-4-5-11-23(19)24/h1-16H,17-18H2,(H,27,29)(H,28,30). The monoisotopic (exact) mass is 442 g/mol. The predicted molar refractivity (Wildman–Crippen MR) is 130 cm³/mol. The topological polar surface area (TPSA) is 67.4 Å². The van der Waals surface area contributed by atoms with Gasteiger partial charge in [-0.1, -0.05) is 54.6 Å². The number of para-hydroxylation sites is 1. The summed E-state index contributed by atoms with van der Waals surface area (Å²) in [6, 6.07) is 30.4. The zero-order chi connectivity index (χ0) is 22.2. The zero-order valence-electron chi connectivity index (χ0n) is 17.3. The smallest absolute Gasteiger partial charge is 0.262 e. The van der Waals surface area contributed by atoms with E-state index in [1.165, 1.54) is 11.8 Å². The van der Waals surface area contributed by atoms with Gasteiger partial charge in [-0.05, 0) is 47.9 Å². The van der Waals surface area contributed by atoms with Gasteiger partial charge in [-0.25, -0.2) is 0 Å². The zero-order valence-corrected chi connectivity index (χ0v) is 18.1. The molecule has 0 aromatic heterocycles. The molecule has 0 aliphatic carbocycles. The molecule has 0 saturated carbocycles. The van der Waals surface area contributed by atoms with Crippen LogP contribution in [0.5, 0.6) is 5.75 Å². The first-order valence-electron chi connectivity index (χ1n) is 10.2. The number of fused-ring (bicyclic) bond motifs is 1. The first-order chi connectivity index (χ1) is 15.7. The Balaban J connectivity index is 1.25. The van der Waals surface area contributed by atoms with Crippen LogP contribution in [0.1, 0.15) is 0 Å². The largest absolute Gasteiger partial charge is 0.484 e. The van der Waals surface area contributed by atoms with Crippen molar-refractivity contribution in [1.82, 2.24) is 0 Å². The van der Waals surface area contributed by atoms with Crippen molar-refractivity contribution >= 4 is 45.7 Å². The summed E-state index contributed by atoms with van der Waals surface area (Å²) in [5.41, 5.74) is 1.49. The molecule has 0 saturated heterocycles. The Morgan fingerprint density at radius 2 is 1.44 bits per heavy atom. The first-order valence-corrected chi connectivity index (χ1v) is 11.1. The van der Waals surface area contributed by atoms with Crippen LogP contribution in [0.25, 0.3) is 10.8 Å². The second kappa shape index (κ2) is 10.5. The van der Waals surface area contributed by atoms with E-state index in [-0.39, 0.29) is 18.4 Å². The van der Waals surface area contributed by atoms with Crippen LogP contribution in [0.2, 0.25) is 0 Å². The van der Waals surface area contributed by atoms with E-state index in [0.717, 1.165) is 21.4 Å². The molecule has 0 unspecified atom stereocenters. The number of amides is 2. The molecule has 0 spiro atoms. The van der Waals surface area contributed by atoms with Gasteiger partial charge >= 0.3 is 0 Å². The van der Waals surface area contributed by atoms with E-state index in [2.05, 4.69) is 10.6 Å². The van der Waals surface area contributed by atoms with Crippen molar-refractivity contribution in [1.29, 1.82) is 0 Å². The number of ether oxygens (including phenoxy) is 1. The minimum atomic E-state index is -0.233. The third kappa shape index (κ3) is 5.89. The van der Waals surface area contributed by atoms with Crippen LogP contribution in [-0.4, -0.2) is 24.2 Å². The third-order valence-electron chi connectivity index (χ3n) is 4.68. The fraction of sp³-hybridized carbons (Fsp3) is 0.0769. The Bertz CT molecular complexity index is 1210. The van der Waals surface area contributed by atoms with Crippen LogP contribution < -0.4 is 15.4 Å². The van der Waals surface area contributed by atoms with Gasteiger partial charge in [0.1, 0.15) is 5.75 Å². The Morgan fingerprint density at radius 3 is 2.25 bits per heavy atom. The van der Waals surface area contributed by atoms with E-state index in [1.54, 1.807) is 12.1 Å². The molecular weight excluding hydrogens is 420 g/mol. The molecule has 0 radical (unpaired) electrons. The van der Waals surface area contributed by atoms with Crippen molar-refractivity contribution in [2.24, 2.45) is 0 Å². The maximum Gasteiger partial charge on any atom is 0.262 e. The molecule has 0 atom stereocenters. The van der Waals surface area contributed by atoms with E-state index >= 15 is 0 Å². The third-order valence-corrected chi connectivity index (χ3v) is 5.70. The average Bonchev–Trinajstić information content (AvgIpc) is 2.83. The Kier molecular flexibility index (Phi) is 7.05. The highest BCUT2D eigenvalue weighted by Gasteiger charge is 2.08. The summed E-state index contributed by atoms with van der Waals surface area (Å²) in [7, 11) is 0. The van der Waals surface area contributed by atoms with Gasteiger partial charge in [0.25, 0.3) is 5.91 Å². The lowest BCUT2D eigenvalue weighted by Crippen LogP contribution is -2.20. The van der Waals surface area contributed by atoms with E-state index in [9.17, 15) is 9.59 Å². The summed E-state index contributed by atoms with van der Waals surface area (Å²) in [6.07, 6.45) is 0. The van der Waals surface area contributed by atoms with Gasteiger partial charge in [0.2, 0.25) is 5.91 Å². The van der Waals surface area contributed by atoms with Crippen LogP contribution in [0.15, 0.2) is 102 Å². The highest BCUT2D eigenvalue weighted by atomic mass is 32.2. The lowest BCUT2D eigenvalue weighted by atomic mass is 10.1. The van der Waals surface area contributed by atoms with Gasteiger partial charge < -0.3 is 15.4 Å². The number of carbonyl (C=O) groups excluding carboxylic acids is 2. The van der Waals surface area contributed by atoms with E-state index < -0.39 is 0 Å². The number of nitrogens with one attached hydrogen (secondary N) is 2. The summed E-state index contributed by atoms with van der Waals surface area (Å²) >= 11 is 1.44. The fourth-order valence-electron chi connectivity index (χ4n) is 3.17. The van der Waals surface area contributed by atoms with Crippen molar-refractivity contribution in [3.63, 3.8) is 0 Å². The van der Waals surface area contributed by atoms with Gasteiger partial charge in [0, 0.05) is 21.7 Å². The van der Waals surface area contributed by atoms with Crippen LogP contribution in [0, 0.1) is 0 Å². The Labute approximate surface area is 190 Å². The summed E-state index contributed by atoms with van der Waals surface area (Å²) < 4.78 is 5.44. The minimum absolute atomic E-state index is 0.0607. The predicted octanol–water partition coefficient (Wildman–Crippen LogP) is 5.59. The molecule has 0 aliphatic heterocycles. The lowest BCUT2D eigenvalue weighted by Gasteiger charge is -2.09. The van der Waals surface area contributed by atoms with Crippen molar-refractivity contribution in [3.8, 4) is 5.75 Å². The molecule has 160 valence electrons. The van der Waals surface area contributed by atoms with Crippen LogP contribution in [0.3, 0.4) is 0 Å². The highest BCUT2D eigenvalue weighted by molar-refractivity contribution is 8.00. The Morgan fingerprint density at radius 1 is 0.719 bits per heavy atom. The second-order valence-corrected chi connectivity index (χ2v) is 8.09. The van der Waals surface area contributed by atoms with Crippen LogP contribution in [-0.2, 0) is 9.59 Å². The van der Waals surface area contributed by atoms with E-state index in [0.29, 0.717) is 17.2 Å². The molecule has 2 N–H and O–H groups in total. The molecule has 0 aliphatic rings. The molecule has 5 nitrogen and oxygen atoms in total. The van der Waals surface area contributed by atoms with Crippen molar-refractivity contribution in [3.05, 3.63) is 97.1 Å². The van der Waals surface area contributed by atoms with Gasteiger partial charge in [0.15, 0.2) is 6.61 Å². The number of hydrogen-bond donors (Lipinski definition) is 2. The number of carbonyl (C=O) groups is 2. The SMILES string of the molecule is O=C(COc1ccccc1)Nc1ccc(SCC(=O)Nc2cccc3ccccc23)cc1. The van der Waals surface area contributed by atoms with Crippen molar-refractivity contribution in [2.75, 3.05) is 23.0 Å². The number of thioether (sulfide) groups is 1. The highest BCUT2D eigenvalue weighted by Crippen LogP contribution is 2.24. The molecule has 32 heavy (non-hydrogen) atoms. The summed E-state index contributed by atoms with van der Waals surface area (Å²) in [5, 5.41) is 7.90. The average molecular weight is 443 g/mol. The molecular formula is C26H22N2O3S. The maximum atomic E-state index is 12.4. The minimum Gasteiger partial charge on any atom is -0.484 e. The quantitative estimate of drug-likeness (QED) is 0.349.